The Kier molecular flexibility index (Phi) is 4.77. The Balaban J connectivity index is 1.68. The van der Waals surface area contributed by atoms with E-state index in [1.165, 1.54) is 11.3 Å². The average molecular weight is 394 g/mol. The summed E-state index contributed by atoms with van der Waals surface area (Å²) in [6, 6.07) is 7.36. The van der Waals surface area contributed by atoms with Crippen LogP contribution in [0, 0.1) is 6.92 Å². The lowest BCUT2D eigenvalue weighted by Gasteiger charge is -2.21. The molecule has 0 radical (unpaired) electrons. The molecular formula is C16H16BrN3O2S. The summed E-state index contributed by atoms with van der Waals surface area (Å²) in [5.41, 5.74) is 0.595. The highest BCUT2D eigenvalue weighted by Gasteiger charge is 2.34. The monoisotopic (exact) mass is 393 g/mol. The first-order valence-electron chi connectivity index (χ1n) is 7.32. The summed E-state index contributed by atoms with van der Waals surface area (Å²) in [6.45, 7) is 1.99. The molecule has 1 aliphatic rings. The van der Waals surface area contributed by atoms with Gasteiger partial charge in [0.2, 0.25) is 5.91 Å². The number of halogens is 1. The highest BCUT2D eigenvalue weighted by molar-refractivity contribution is 9.10. The minimum Gasteiger partial charge on any atom is -0.326 e. The number of rotatable bonds is 5. The Morgan fingerprint density at radius 1 is 1.35 bits per heavy atom. The molecule has 2 aromatic rings. The molecule has 2 amide bonds. The first kappa shape index (κ1) is 16.1. The van der Waals surface area contributed by atoms with Crippen LogP contribution in [0.5, 0.6) is 0 Å². The predicted molar refractivity (Wildman–Crippen MR) is 93.7 cm³/mol. The van der Waals surface area contributed by atoms with Gasteiger partial charge in [0.1, 0.15) is 6.54 Å². The molecular weight excluding hydrogens is 378 g/mol. The zero-order valence-corrected chi connectivity index (χ0v) is 15.0. The molecule has 0 bridgehead atoms. The van der Waals surface area contributed by atoms with Crippen LogP contribution in [0.15, 0.2) is 34.9 Å². The van der Waals surface area contributed by atoms with Gasteiger partial charge in [0.15, 0.2) is 5.13 Å². The third-order valence-corrected chi connectivity index (χ3v) is 4.88. The highest BCUT2D eigenvalue weighted by atomic mass is 79.9. The molecule has 3 rings (SSSR count). The third kappa shape index (κ3) is 4.17. The van der Waals surface area contributed by atoms with Crippen LogP contribution < -0.4 is 5.32 Å². The van der Waals surface area contributed by atoms with E-state index in [1.807, 2.05) is 19.1 Å². The van der Waals surface area contributed by atoms with Crippen molar-refractivity contribution in [2.75, 3.05) is 11.9 Å². The molecule has 1 fully saturated rings. The van der Waals surface area contributed by atoms with Gasteiger partial charge in [-0.1, -0.05) is 15.9 Å². The van der Waals surface area contributed by atoms with Crippen molar-refractivity contribution >= 4 is 44.2 Å². The van der Waals surface area contributed by atoms with Crippen LogP contribution in [0.3, 0.4) is 0 Å². The van der Waals surface area contributed by atoms with Crippen LogP contribution in [0.1, 0.15) is 28.1 Å². The highest BCUT2D eigenvalue weighted by Crippen LogP contribution is 2.28. The molecule has 0 spiro atoms. The summed E-state index contributed by atoms with van der Waals surface area (Å²) in [5.74, 6) is -0.317. The fourth-order valence-electron chi connectivity index (χ4n) is 2.24. The maximum atomic E-state index is 12.6. The Morgan fingerprint density at radius 2 is 2.04 bits per heavy atom. The first-order chi connectivity index (χ1) is 11.0. The zero-order valence-electron chi connectivity index (χ0n) is 12.6. The number of amides is 2. The Labute approximate surface area is 146 Å². The van der Waals surface area contributed by atoms with E-state index in [-0.39, 0.29) is 24.4 Å². The number of nitrogens with one attached hydrogen (secondary N) is 1. The fraction of sp³-hybridized carbons (Fsp3) is 0.312. The standard InChI is InChI=1S/C16H16BrN3O2S/c1-10-8-18-16(23-10)19-14(21)9-20(13-6-7-13)15(22)11-2-4-12(17)5-3-11/h2-5,8,13H,6-7,9H2,1H3,(H,18,19,21). The van der Waals surface area contributed by atoms with Crippen molar-refractivity contribution in [3.63, 3.8) is 0 Å². The van der Waals surface area contributed by atoms with E-state index < -0.39 is 0 Å². The van der Waals surface area contributed by atoms with E-state index in [4.69, 9.17) is 0 Å². The second-order valence-corrected chi connectivity index (χ2v) is 7.65. The second kappa shape index (κ2) is 6.80. The van der Waals surface area contributed by atoms with Gasteiger partial charge in [-0.3, -0.25) is 9.59 Å². The number of aromatic nitrogens is 1. The van der Waals surface area contributed by atoms with E-state index in [2.05, 4.69) is 26.2 Å². The van der Waals surface area contributed by atoms with Crippen LogP contribution in [0.4, 0.5) is 5.13 Å². The van der Waals surface area contributed by atoms with Gasteiger partial charge in [-0.25, -0.2) is 4.98 Å². The molecule has 0 aliphatic heterocycles. The summed E-state index contributed by atoms with van der Waals surface area (Å²) in [6.07, 6.45) is 3.61. The van der Waals surface area contributed by atoms with Gasteiger partial charge in [0.05, 0.1) is 0 Å². The number of thiazole rings is 1. The quantitative estimate of drug-likeness (QED) is 0.845. The SMILES string of the molecule is Cc1cnc(NC(=O)CN(C(=O)c2ccc(Br)cc2)C2CC2)s1. The Hall–Kier alpha value is -1.73. The lowest BCUT2D eigenvalue weighted by molar-refractivity contribution is -0.117. The van der Waals surface area contributed by atoms with Gasteiger partial charge < -0.3 is 10.2 Å². The molecule has 5 nitrogen and oxygen atoms in total. The Morgan fingerprint density at radius 3 is 2.61 bits per heavy atom. The summed E-state index contributed by atoms with van der Waals surface area (Å²) in [7, 11) is 0. The van der Waals surface area contributed by atoms with Crippen molar-refractivity contribution in [1.82, 2.24) is 9.88 Å². The zero-order chi connectivity index (χ0) is 16.4. The third-order valence-electron chi connectivity index (χ3n) is 3.52. The van der Waals surface area contributed by atoms with Gasteiger partial charge in [-0.15, -0.1) is 11.3 Å². The molecule has 1 aromatic carbocycles. The molecule has 0 saturated heterocycles. The molecule has 1 aliphatic carbocycles. The normalized spacial score (nSPS) is 13.7. The van der Waals surface area contributed by atoms with Crippen molar-refractivity contribution in [1.29, 1.82) is 0 Å². The van der Waals surface area contributed by atoms with E-state index in [0.29, 0.717) is 10.7 Å². The number of aryl methyl sites for hydroxylation is 1. The second-order valence-electron chi connectivity index (χ2n) is 5.50. The maximum Gasteiger partial charge on any atom is 0.254 e. The molecule has 7 heteroatoms. The Bertz CT molecular complexity index is 725. The van der Waals surface area contributed by atoms with Gasteiger partial charge in [-0.2, -0.15) is 0 Å². The minimum atomic E-state index is -0.211. The summed E-state index contributed by atoms with van der Waals surface area (Å²) >= 11 is 4.78. The van der Waals surface area contributed by atoms with Crippen molar-refractivity contribution < 1.29 is 9.59 Å². The number of benzene rings is 1. The summed E-state index contributed by atoms with van der Waals surface area (Å²) in [4.78, 5) is 31.7. The van der Waals surface area contributed by atoms with E-state index in [1.54, 1.807) is 23.2 Å². The summed E-state index contributed by atoms with van der Waals surface area (Å²) in [5, 5.41) is 3.33. The number of carbonyl (C=O) groups excluding carboxylic acids is 2. The van der Waals surface area contributed by atoms with Crippen molar-refractivity contribution in [2.45, 2.75) is 25.8 Å². The summed E-state index contributed by atoms with van der Waals surface area (Å²) < 4.78 is 0.920. The van der Waals surface area contributed by atoms with Crippen molar-refractivity contribution in [2.24, 2.45) is 0 Å². The molecule has 1 heterocycles. The van der Waals surface area contributed by atoms with Crippen molar-refractivity contribution in [3.8, 4) is 0 Å². The fourth-order valence-corrected chi connectivity index (χ4v) is 3.18. The topological polar surface area (TPSA) is 62.3 Å². The van der Waals surface area contributed by atoms with E-state index in [0.717, 1.165) is 22.2 Å². The van der Waals surface area contributed by atoms with E-state index >= 15 is 0 Å². The van der Waals surface area contributed by atoms with E-state index in [9.17, 15) is 9.59 Å². The maximum absolute atomic E-state index is 12.6. The lowest BCUT2D eigenvalue weighted by Crippen LogP contribution is -2.39. The minimum absolute atomic E-state index is 0.0538. The first-order valence-corrected chi connectivity index (χ1v) is 8.92. The lowest BCUT2D eigenvalue weighted by atomic mass is 10.2. The molecule has 120 valence electrons. The number of nitrogens with zero attached hydrogens (tertiary/aromatic N) is 2. The number of carbonyl (C=O) groups is 2. The molecule has 1 saturated carbocycles. The molecule has 0 unspecified atom stereocenters. The van der Waals surface area contributed by atoms with Gasteiger partial charge in [0, 0.05) is 27.2 Å². The smallest absolute Gasteiger partial charge is 0.254 e. The molecule has 1 aromatic heterocycles. The molecule has 1 N–H and O–H groups in total. The molecule has 0 atom stereocenters. The van der Waals surface area contributed by atoms with Crippen LogP contribution in [-0.2, 0) is 4.79 Å². The number of hydrogen-bond donors (Lipinski definition) is 1. The van der Waals surface area contributed by atoms with Crippen LogP contribution >= 0.6 is 27.3 Å². The van der Waals surface area contributed by atoms with Gasteiger partial charge >= 0.3 is 0 Å². The largest absolute Gasteiger partial charge is 0.326 e. The number of anilines is 1. The van der Waals surface area contributed by atoms with Crippen molar-refractivity contribution in [3.05, 3.63) is 45.4 Å². The number of hydrogen-bond acceptors (Lipinski definition) is 4. The predicted octanol–water partition coefficient (Wildman–Crippen LogP) is 3.46. The van der Waals surface area contributed by atoms with Crippen LogP contribution in [0.25, 0.3) is 0 Å². The van der Waals surface area contributed by atoms with Gasteiger partial charge in [0.25, 0.3) is 5.91 Å². The molecule has 23 heavy (non-hydrogen) atoms. The van der Waals surface area contributed by atoms with Crippen LogP contribution in [-0.4, -0.2) is 34.3 Å². The van der Waals surface area contributed by atoms with Crippen LogP contribution in [0.2, 0.25) is 0 Å². The average Bonchev–Trinajstić information content (AvgIpc) is 3.28. The van der Waals surface area contributed by atoms with Gasteiger partial charge in [-0.05, 0) is 44.0 Å².